The number of methoxy groups -OCH3 is 1. The lowest BCUT2D eigenvalue weighted by Crippen LogP contribution is -2.36. The van der Waals surface area contributed by atoms with Crippen LogP contribution in [-0.4, -0.2) is 39.4 Å². The summed E-state index contributed by atoms with van der Waals surface area (Å²) in [7, 11) is 3.25. The number of benzene rings is 1. The van der Waals surface area contributed by atoms with E-state index in [-0.39, 0.29) is 0 Å². The monoisotopic (exact) mass is 306 g/mol. The molecule has 0 atom stereocenters. The number of nitrogens with one attached hydrogen (secondary N) is 2. The molecule has 0 aliphatic rings. The van der Waals surface area contributed by atoms with Crippen molar-refractivity contribution in [2.75, 3.05) is 27.3 Å². The molecule has 0 aromatic heterocycles. The van der Waals surface area contributed by atoms with Crippen molar-refractivity contribution in [1.82, 2.24) is 10.6 Å². The zero-order chi connectivity index (χ0) is 15.9. The number of alkyl halides is 3. The average Bonchev–Trinajstić information content (AvgIpc) is 2.43. The maximum atomic E-state index is 11.9. The van der Waals surface area contributed by atoms with Crippen LogP contribution in [-0.2, 0) is 11.3 Å². The van der Waals surface area contributed by atoms with Gasteiger partial charge in [-0.15, -0.1) is 0 Å². The smallest absolute Gasteiger partial charge is 0.405 e. The van der Waals surface area contributed by atoms with Crippen LogP contribution in [0.4, 0.5) is 13.2 Å². The molecular formula is C13H17F3N2O3. The normalized spacial score (nSPS) is 11.1. The second kappa shape index (κ2) is 7.72. The highest BCUT2D eigenvalue weighted by Gasteiger charge is 2.27. The third kappa shape index (κ3) is 6.35. The van der Waals surface area contributed by atoms with E-state index in [1.165, 1.54) is 7.11 Å². The lowest BCUT2D eigenvalue weighted by atomic mass is 10.2. The Balaban J connectivity index is 2.60. The molecule has 0 aliphatic carbocycles. The van der Waals surface area contributed by atoms with Crippen LogP contribution in [0.2, 0.25) is 0 Å². The number of hydrogen-bond acceptors (Lipinski definition) is 4. The molecule has 0 aliphatic heterocycles. The number of amides is 1. The van der Waals surface area contributed by atoms with Gasteiger partial charge >= 0.3 is 6.18 Å². The Kier molecular flexibility index (Phi) is 6.29. The molecule has 0 radical (unpaired) electrons. The van der Waals surface area contributed by atoms with Gasteiger partial charge in [0.1, 0.15) is 18.0 Å². The number of carbonyl (C=O) groups excluding carboxylic acids is 1. The summed E-state index contributed by atoms with van der Waals surface area (Å²) in [4.78, 5) is 11.3. The largest absolute Gasteiger partial charge is 0.497 e. The molecule has 118 valence electrons. The molecule has 1 aromatic rings. The van der Waals surface area contributed by atoms with E-state index in [1.54, 1.807) is 30.6 Å². The van der Waals surface area contributed by atoms with Crippen LogP contribution in [0.3, 0.4) is 0 Å². The average molecular weight is 306 g/mol. The minimum atomic E-state index is -4.44. The molecule has 1 aromatic carbocycles. The highest BCUT2D eigenvalue weighted by molar-refractivity contribution is 5.77. The summed E-state index contributed by atoms with van der Waals surface area (Å²) >= 11 is 0. The number of carbonyl (C=O) groups is 1. The van der Waals surface area contributed by atoms with Crippen LogP contribution in [0.15, 0.2) is 18.2 Å². The number of ether oxygens (including phenoxy) is 2. The van der Waals surface area contributed by atoms with Crippen LogP contribution >= 0.6 is 0 Å². The Morgan fingerprint density at radius 2 is 2.05 bits per heavy atom. The van der Waals surface area contributed by atoms with Gasteiger partial charge in [0.15, 0.2) is 6.61 Å². The quantitative estimate of drug-likeness (QED) is 0.801. The van der Waals surface area contributed by atoms with E-state index in [2.05, 4.69) is 5.32 Å². The first-order valence-electron chi connectivity index (χ1n) is 6.13. The van der Waals surface area contributed by atoms with Gasteiger partial charge in [-0.1, -0.05) is 0 Å². The van der Waals surface area contributed by atoms with Gasteiger partial charge in [0.25, 0.3) is 5.91 Å². The van der Waals surface area contributed by atoms with E-state index in [4.69, 9.17) is 9.47 Å². The second-order valence-electron chi connectivity index (χ2n) is 4.18. The Bertz CT molecular complexity index is 478. The van der Waals surface area contributed by atoms with Gasteiger partial charge < -0.3 is 20.1 Å². The van der Waals surface area contributed by atoms with Gasteiger partial charge in [-0.2, -0.15) is 13.2 Å². The number of rotatable bonds is 7. The molecule has 1 rings (SSSR count). The number of hydrogen-bond donors (Lipinski definition) is 2. The molecule has 0 unspecified atom stereocenters. The van der Waals surface area contributed by atoms with E-state index in [1.807, 2.05) is 0 Å². The first kappa shape index (κ1) is 17.1. The van der Waals surface area contributed by atoms with Crippen LogP contribution in [0.5, 0.6) is 11.5 Å². The van der Waals surface area contributed by atoms with E-state index in [0.717, 1.165) is 5.56 Å². The van der Waals surface area contributed by atoms with Gasteiger partial charge in [0.2, 0.25) is 0 Å². The van der Waals surface area contributed by atoms with E-state index in [0.29, 0.717) is 18.0 Å². The molecule has 0 spiro atoms. The topological polar surface area (TPSA) is 59.6 Å². The summed E-state index contributed by atoms with van der Waals surface area (Å²) in [6, 6.07) is 4.96. The minimum absolute atomic E-state index is 0.410. The van der Waals surface area contributed by atoms with E-state index in [9.17, 15) is 18.0 Å². The highest BCUT2D eigenvalue weighted by atomic mass is 19.4. The van der Waals surface area contributed by atoms with Crippen molar-refractivity contribution in [1.29, 1.82) is 0 Å². The van der Waals surface area contributed by atoms with Crippen molar-refractivity contribution in [2.24, 2.45) is 0 Å². The minimum Gasteiger partial charge on any atom is -0.497 e. The molecule has 0 saturated heterocycles. The van der Waals surface area contributed by atoms with Crippen LogP contribution in [0.25, 0.3) is 0 Å². The third-order valence-electron chi connectivity index (χ3n) is 2.48. The fourth-order valence-corrected chi connectivity index (χ4v) is 1.55. The number of halogens is 3. The first-order valence-corrected chi connectivity index (χ1v) is 6.13. The standard InChI is InChI=1S/C13H17F3N2O3/c1-17-6-9-5-10(20-2)3-4-11(9)21-7-12(19)18-8-13(14,15)16/h3-5,17H,6-8H2,1-2H3,(H,18,19). The second-order valence-corrected chi connectivity index (χ2v) is 4.18. The fraction of sp³-hybridized carbons (Fsp3) is 0.462. The Hall–Kier alpha value is -1.96. The van der Waals surface area contributed by atoms with Crippen molar-refractivity contribution in [3.63, 3.8) is 0 Å². The predicted octanol–water partition coefficient (Wildman–Crippen LogP) is 1.47. The van der Waals surface area contributed by atoms with Crippen LogP contribution in [0, 0.1) is 0 Å². The van der Waals surface area contributed by atoms with Gasteiger partial charge in [-0.25, -0.2) is 0 Å². The van der Waals surface area contributed by atoms with Gasteiger partial charge in [0, 0.05) is 12.1 Å². The molecule has 1 amide bonds. The molecule has 8 heteroatoms. The van der Waals surface area contributed by atoms with Crippen molar-refractivity contribution >= 4 is 5.91 Å². The van der Waals surface area contributed by atoms with Gasteiger partial charge in [-0.05, 0) is 25.2 Å². The molecule has 0 fully saturated rings. The van der Waals surface area contributed by atoms with Crippen molar-refractivity contribution in [2.45, 2.75) is 12.7 Å². The van der Waals surface area contributed by atoms with Gasteiger partial charge in [-0.3, -0.25) is 4.79 Å². The third-order valence-corrected chi connectivity index (χ3v) is 2.48. The maximum absolute atomic E-state index is 11.9. The lowest BCUT2D eigenvalue weighted by Gasteiger charge is -2.13. The Morgan fingerprint density at radius 3 is 2.62 bits per heavy atom. The summed E-state index contributed by atoms with van der Waals surface area (Å²) in [5, 5.41) is 4.66. The molecule has 0 bridgehead atoms. The molecule has 5 nitrogen and oxygen atoms in total. The summed E-state index contributed by atoms with van der Waals surface area (Å²) in [5.74, 6) is 0.194. The molecule has 0 heterocycles. The zero-order valence-corrected chi connectivity index (χ0v) is 11.7. The summed E-state index contributed by atoms with van der Waals surface area (Å²) in [5.41, 5.74) is 0.737. The summed E-state index contributed by atoms with van der Waals surface area (Å²) in [6.45, 7) is -1.39. The summed E-state index contributed by atoms with van der Waals surface area (Å²) < 4.78 is 46.2. The fourth-order valence-electron chi connectivity index (χ4n) is 1.55. The lowest BCUT2D eigenvalue weighted by molar-refractivity contribution is -0.139. The van der Waals surface area contributed by atoms with Crippen LogP contribution < -0.4 is 20.1 Å². The molecule has 2 N–H and O–H groups in total. The Labute approximate surface area is 120 Å². The Morgan fingerprint density at radius 1 is 1.33 bits per heavy atom. The van der Waals surface area contributed by atoms with E-state index >= 15 is 0 Å². The van der Waals surface area contributed by atoms with Crippen molar-refractivity contribution < 1.29 is 27.4 Å². The first-order chi connectivity index (χ1) is 9.85. The maximum Gasteiger partial charge on any atom is 0.405 e. The SMILES string of the molecule is CNCc1cc(OC)ccc1OCC(=O)NCC(F)(F)F. The predicted molar refractivity (Wildman–Crippen MR) is 70.3 cm³/mol. The summed E-state index contributed by atoms with van der Waals surface area (Å²) in [6.07, 6.45) is -4.44. The molecule has 0 saturated carbocycles. The van der Waals surface area contributed by atoms with Crippen molar-refractivity contribution in [3.05, 3.63) is 23.8 Å². The highest BCUT2D eigenvalue weighted by Crippen LogP contribution is 2.24. The van der Waals surface area contributed by atoms with Crippen LogP contribution in [0.1, 0.15) is 5.56 Å². The van der Waals surface area contributed by atoms with E-state index < -0.39 is 25.2 Å². The zero-order valence-electron chi connectivity index (χ0n) is 11.7. The van der Waals surface area contributed by atoms with Gasteiger partial charge in [0.05, 0.1) is 7.11 Å². The van der Waals surface area contributed by atoms with Crippen molar-refractivity contribution in [3.8, 4) is 11.5 Å². The molecule has 21 heavy (non-hydrogen) atoms. The molecular weight excluding hydrogens is 289 g/mol.